The normalized spacial score (nSPS) is 60.2. The number of aliphatic hydroxyl groups is 1. The molecule has 13 atom stereocenters. The van der Waals surface area contributed by atoms with Crippen LogP contribution in [0.25, 0.3) is 0 Å². The number of methoxy groups -OCH3 is 3. The zero-order valence-electron chi connectivity index (χ0n) is 22.3. The van der Waals surface area contributed by atoms with Crippen LogP contribution in [0.3, 0.4) is 0 Å². The fourth-order valence-corrected chi connectivity index (χ4v) is 11.7. The van der Waals surface area contributed by atoms with E-state index in [2.05, 4.69) is 18.7 Å². The second-order valence-electron chi connectivity index (χ2n) is 12.9. The molecule has 7 aliphatic rings. The molecule has 7 fully saturated rings. The summed E-state index contributed by atoms with van der Waals surface area (Å²) in [7, 11) is 5.23. The maximum absolute atomic E-state index is 13.4. The van der Waals surface area contributed by atoms with E-state index in [0.29, 0.717) is 12.8 Å². The number of esters is 1. The Labute approximate surface area is 213 Å². The smallest absolute Gasteiger partial charge is 0.303 e. The average Bonchev–Trinajstić information content (AvgIpc) is 3.40. The summed E-state index contributed by atoms with van der Waals surface area (Å²) in [5, 5.41) is 13.4. The molecule has 0 aromatic rings. The fraction of sp³-hybridized carbons (Fsp3) is 0.963. The summed E-state index contributed by atoms with van der Waals surface area (Å²) in [6, 6.07) is -0.224. The fourth-order valence-electron chi connectivity index (χ4n) is 11.7. The molecule has 9 nitrogen and oxygen atoms in total. The largest absolute Gasteiger partial charge is 0.459 e. The zero-order valence-corrected chi connectivity index (χ0v) is 22.3. The van der Waals surface area contributed by atoms with E-state index in [1.165, 1.54) is 6.92 Å². The predicted octanol–water partition coefficient (Wildman–Crippen LogP) is 1.35. The Morgan fingerprint density at radius 3 is 2.53 bits per heavy atom. The Balaban J connectivity index is 1.61. The summed E-state index contributed by atoms with van der Waals surface area (Å²) in [5.41, 5.74) is -3.94. The van der Waals surface area contributed by atoms with Gasteiger partial charge in [0.05, 0.1) is 35.4 Å². The van der Waals surface area contributed by atoms with Gasteiger partial charge in [-0.05, 0) is 31.2 Å². The third-order valence-corrected chi connectivity index (χ3v) is 12.2. The molecule has 5 saturated carbocycles. The van der Waals surface area contributed by atoms with Gasteiger partial charge in [0.2, 0.25) is 0 Å². The number of nitrogens with zero attached hydrogens (tertiary/aromatic N) is 1. The van der Waals surface area contributed by atoms with Gasteiger partial charge in [0.1, 0.15) is 18.5 Å². The minimum atomic E-state index is -1.16. The molecule has 0 aromatic heterocycles. The first-order valence-electron chi connectivity index (χ1n) is 13.7. The minimum Gasteiger partial charge on any atom is -0.459 e. The monoisotopic (exact) mass is 507 g/mol. The lowest BCUT2D eigenvalue weighted by atomic mass is 9.41. The van der Waals surface area contributed by atoms with E-state index in [-0.39, 0.29) is 60.3 Å². The van der Waals surface area contributed by atoms with Gasteiger partial charge in [-0.25, -0.2) is 0 Å². The SMILES string of the molecule is CCN1C[C@]2(C)CC[C@H](OC)C34[C@@H]1[C@]1(OCO[C@@]15C[C@H](OC)[C@H]1C[C@]3(O)C5[C@H]1OC)[C@@H](OC(C)=O)[C@@H]42. The van der Waals surface area contributed by atoms with Crippen LogP contribution in [0.4, 0.5) is 0 Å². The molecule has 7 rings (SSSR count). The second-order valence-corrected chi connectivity index (χ2v) is 12.9. The van der Waals surface area contributed by atoms with Gasteiger partial charge in [-0.2, -0.15) is 0 Å². The summed E-state index contributed by atoms with van der Waals surface area (Å²) in [6.07, 6.45) is 1.69. The Morgan fingerprint density at radius 2 is 1.89 bits per heavy atom. The van der Waals surface area contributed by atoms with E-state index >= 15 is 0 Å². The van der Waals surface area contributed by atoms with Gasteiger partial charge in [0.25, 0.3) is 0 Å². The van der Waals surface area contributed by atoms with Gasteiger partial charge in [-0.15, -0.1) is 0 Å². The molecular formula is C27H41NO8. The molecule has 2 heterocycles. The van der Waals surface area contributed by atoms with E-state index in [9.17, 15) is 9.90 Å². The summed E-state index contributed by atoms with van der Waals surface area (Å²) in [5.74, 6) is -0.771. The van der Waals surface area contributed by atoms with Crippen molar-refractivity contribution in [3.63, 3.8) is 0 Å². The van der Waals surface area contributed by atoms with Gasteiger partial charge in [-0.1, -0.05) is 13.8 Å². The van der Waals surface area contributed by atoms with Crippen molar-refractivity contribution in [1.82, 2.24) is 4.90 Å². The van der Waals surface area contributed by atoms with Gasteiger partial charge in [0, 0.05) is 59.0 Å². The highest BCUT2D eigenvalue weighted by Crippen LogP contribution is 2.83. The van der Waals surface area contributed by atoms with Crippen LogP contribution in [0.15, 0.2) is 0 Å². The Morgan fingerprint density at radius 1 is 1.11 bits per heavy atom. The van der Waals surface area contributed by atoms with E-state index in [1.54, 1.807) is 21.3 Å². The molecule has 7 bridgehead atoms. The van der Waals surface area contributed by atoms with Crippen LogP contribution in [0.2, 0.25) is 0 Å². The molecule has 3 spiro atoms. The molecular weight excluding hydrogens is 466 g/mol. The molecule has 0 amide bonds. The number of hydrogen-bond acceptors (Lipinski definition) is 9. The molecule has 202 valence electrons. The number of hydrogen-bond donors (Lipinski definition) is 1. The quantitative estimate of drug-likeness (QED) is 0.553. The number of rotatable bonds is 5. The first-order valence-corrected chi connectivity index (χ1v) is 13.7. The molecule has 5 aliphatic carbocycles. The molecule has 2 aliphatic heterocycles. The van der Waals surface area contributed by atoms with Crippen LogP contribution in [0.5, 0.6) is 0 Å². The van der Waals surface area contributed by atoms with E-state index in [0.717, 1.165) is 25.9 Å². The number of fused-ring (bicyclic) bond motifs is 1. The van der Waals surface area contributed by atoms with Crippen molar-refractivity contribution in [1.29, 1.82) is 0 Å². The predicted molar refractivity (Wildman–Crippen MR) is 126 cm³/mol. The van der Waals surface area contributed by atoms with Crippen molar-refractivity contribution in [2.75, 3.05) is 41.2 Å². The van der Waals surface area contributed by atoms with Crippen molar-refractivity contribution in [3.05, 3.63) is 0 Å². The number of likely N-dealkylation sites (N-methyl/N-ethyl adjacent to an activating group) is 1. The maximum Gasteiger partial charge on any atom is 0.303 e. The standard InChI is InChI=1S/C27H41NO8/c1-7-28-12-23(3)9-8-17(32-5)26-20(23)21(36-14(2)29)27(22(26)28)25(34-13-35-27)11-16(31-4)15-10-24(26,30)19(25)18(15)33-6/h15-22,30H,7-13H2,1-6H3/t15-,16+,17+,18+,19?,20-,21+,22-,23+,24+,25-,26?,27-/m1/s1. The van der Waals surface area contributed by atoms with Crippen LogP contribution in [-0.4, -0.2) is 104 Å². The molecule has 0 radical (unpaired) electrons. The molecule has 9 heteroatoms. The molecule has 36 heavy (non-hydrogen) atoms. The van der Waals surface area contributed by atoms with Crippen molar-refractivity contribution >= 4 is 5.97 Å². The van der Waals surface area contributed by atoms with Gasteiger partial charge >= 0.3 is 5.97 Å². The Bertz CT molecular complexity index is 979. The molecule has 2 unspecified atom stereocenters. The molecule has 2 saturated heterocycles. The first kappa shape index (κ1) is 24.2. The summed E-state index contributed by atoms with van der Waals surface area (Å²) in [6.45, 7) is 7.72. The van der Waals surface area contributed by atoms with Crippen molar-refractivity contribution in [2.45, 2.75) is 93.7 Å². The number of carbonyl (C=O) groups is 1. The highest BCUT2D eigenvalue weighted by molar-refractivity contribution is 5.67. The number of piperidine rings is 1. The lowest BCUT2D eigenvalue weighted by Gasteiger charge is -2.71. The lowest BCUT2D eigenvalue weighted by molar-refractivity contribution is -0.332. The van der Waals surface area contributed by atoms with E-state index in [4.69, 9.17) is 28.4 Å². The van der Waals surface area contributed by atoms with Gasteiger partial charge < -0.3 is 33.5 Å². The van der Waals surface area contributed by atoms with E-state index in [1.807, 2.05) is 0 Å². The Hall–Kier alpha value is -0.810. The highest BCUT2D eigenvalue weighted by atomic mass is 16.7. The molecule has 1 N–H and O–H groups in total. The van der Waals surface area contributed by atoms with Crippen molar-refractivity contribution in [2.24, 2.45) is 28.6 Å². The van der Waals surface area contributed by atoms with Gasteiger partial charge in [-0.3, -0.25) is 9.69 Å². The van der Waals surface area contributed by atoms with Crippen molar-refractivity contribution in [3.8, 4) is 0 Å². The van der Waals surface area contributed by atoms with Crippen LogP contribution < -0.4 is 0 Å². The highest BCUT2D eigenvalue weighted by Gasteiger charge is 2.97. The van der Waals surface area contributed by atoms with Crippen molar-refractivity contribution < 1.29 is 38.3 Å². The maximum atomic E-state index is 13.4. The summed E-state index contributed by atoms with van der Waals surface area (Å²) < 4.78 is 38.7. The number of ether oxygens (including phenoxy) is 6. The van der Waals surface area contributed by atoms with Crippen LogP contribution >= 0.6 is 0 Å². The number of likely N-dealkylation sites (tertiary alicyclic amines) is 1. The lowest BCUT2D eigenvalue weighted by Crippen LogP contribution is -2.85. The van der Waals surface area contributed by atoms with Gasteiger partial charge in [0.15, 0.2) is 5.60 Å². The van der Waals surface area contributed by atoms with Crippen LogP contribution in [0.1, 0.15) is 46.5 Å². The third-order valence-electron chi connectivity index (χ3n) is 12.2. The zero-order chi connectivity index (χ0) is 25.5. The second kappa shape index (κ2) is 7.23. The van der Waals surface area contributed by atoms with E-state index < -0.39 is 28.3 Å². The van der Waals surface area contributed by atoms with Crippen LogP contribution in [-0.2, 0) is 33.2 Å². The summed E-state index contributed by atoms with van der Waals surface area (Å²) in [4.78, 5) is 15.3. The Kier molecular flexibility index (Phi) is 4.87. The third kappa shape index (κ3) is 2.16. The molecule has 0 aromatic carbocycles. The summed E-state index contributed by atoms with van der Waals surface area (Å²) >= 11 is 0. The minimum absolute atomic E-state index is 0.0317. The number of carbonyl (C=O) groups excluding carboxylic acids is 1. The topological polar surface area (TPSA) is 95.9 Å². The first-order chi connectivity index (χ1) is 17.2. The van der Waals surface area contributed by atoms with Crippen LogP contribution in [0, 0.1) is 28.6 Å². The average molecular weight is 508 g/mol.